The predicted octanol–water partition coefficient (Wildman–Crippen LogP) is 3.23. The van der Waals surface area contributed by atoms with Crippen molar-refractivity contribution >= 4 is 11.3 Å². The molecule has 1 nitrogen and oxygen atoms in total. The van der Waals surface area contributed by atoms with Gasteiger partial charge in [0.1, 0.15) is 0 Å². The summed E-state index contributed by atoms with van der Waals surface area (Å²) in [6.07, 6.45) is 7.36. The molecule has 1 heteroatoms. The van der Waals surface area contributed by atoms with E-state index < -0.39 is 0 Å². The van der Waals surface area contributed by atoms with Crippen LogP contribution in [-0.4, -0.2) is 0 Å². The number of nitrogen functional groups attached to an aromatic ring is 1. The van der Waals surface area contributed by atoms with Crippen LogP contribution in [0.25, 0.3) is 5.57 Å². The Morgan fingerprint density at radius 1 is 1.08 bits per heavy atom. The Hall–Kier alpha value is -1.24. The summed E-state index contributed by atoms with van der Waals surface area (Å²) in [5.74, 6) is 0. The lowest BCUT2D eigenvalue weighted by Gasteiger charge is -2.14. The van der Waals surface area contributed by atoms with Crippen molar-refractivity contribution in [1.29, 1.82) is 0 Å². The minimum atomic E-state index is 0.913. The molecular formula is C12H15N. The van der Waals surface area contributed by atoms with Gasteiger partial charge in [-0.3, -0.25) is 0 Å². The van der Waals surface area contributed by atoms with Crippen molar-refractivity contribution < 1.29 is 0 Å². The van der Waals surface area contributed by atoms with E-state index in [1.165, 1.54) is 36.8 Å². The second kappa shape index (κ2) is 3.65. The van der Waals surface area contributed by atoms with Crippen molar-refractivity contribution in [2.24, 2.45) is 0 Å². The highest BCUT2D eigenvalue weighted by molar-refractivity contribution is 5.75. The highest BCUT2D eigenvalue weighted by Gasteiger charge is 2.07. The molecule has 0 saturated heterocycles. The summed E-state index contributed by atoms with van der Waals surface area (Å²) in [4.78, 5) is 0. The largest absolute Gasteiger partial charge is 0.398 e. The van der Waals surface area contributed by atoms with Crippen LogP contribution in [0.4, 0.5) is 5.69 Å². The van der Waals surface area contributed by atoms with E-state index in [4.69, 9.17) is 5.73 Å². The summed E-state index contributed by atoms with van der Waals surface area (Å²) in [5, 5.41) is 0. The average Bonchev–Trinajstić information content (AvgIpc) is 2.20. The van der Waals surface area contributed by atoms with Crippen molar-refractivity contribution in [3.63, 3.8) is 0 Å². The van der Waals surface area contributed by atoms with Gasteiger partial charge in [-0.15, -0.1) is 0 Å². The van der Waals surface area contributed by atoms with E-state index >= 15 is 0 Å². The van der Waals surface area contributed by atoms with E-state index in [0.29, 0.717) is 0 Å². The van der Waals surface area contributed by atoms with Crippen LogP contribution >= 0.6 is 0 Å². The third kappa shape index (κ3) is 1.74. The first-order valence-corrected chi connectivity index (χ1v) is 4.92. The van der Waals surface area contributed by atoms with E-state index in [1.807, 2.05) is 12.1 Å². The Labute approximate surface area is 79.3 Å². The molecule has 2 N–H and O–H groups in total. The molecule has 0 unspecified atom stereocenters. The van der Waals surface area contributed by atoms with Gasteiger partial charge in [0.15, 0.2) is 0 Å². The van der Waals surface area contributed by atoms with Crippen LogP contribution in [0.5, 0.6) is 0 Å². The monoisotopic (exact) mass is 173 g/mol. The summed E-state index contributed by atoms with van der Waals surface area (Å²) in [5.41, 5.74) is 9.50. The van der Waals surface area contributed by atoms with Crippen LogP contribution in [-0.2, 0) is 0 Å². The minimum Gasteiger partial charge on any atom is -0.398 e. The third-order valence-corrected chi connectivity index (χ3v) is 2.60. The fourth-order valence-corrected chi connectivity index (χ4v) is 1.87. The van der Waals surface area contributed by atoms with Crippen LogP contribution < -0.4 is 5.73 Å². The van der Waals surface area contributed by atoms with Gasteiger partial charge in [-0.2, -0.15) is 0 Å². The van der Waals surface area contributed by atoms with E-state index in [1.54, 1.807) is 0 Å². The molecule has 2 rings (SSSR count). The predicted molar refractivity (Wildman–Crippen MR) is 57.3 cm³/mol. The SMILES string of the molecule is Nc1ccccc1C1=CCCCC1. The minimum absolute atomic E-state index is 0.913. The van der Waals surface area contributed by atoms with Gasteiger partial charge in [0, 0.05) is 11.3 Å². The molecular weight excluding hydrogens is 158 g/mol. The van der Waals surface area contributed by atoms with Gasteiger partial charge in [0.05, 0.1) is 0 Å². The standard InChI is InChI=1S/C12H15N/c13-12-9-5-4-8-11(12)10-6-2-1-3-7-10/h4-6,8-9H,1-3,7,13H2. The highest BCUT2D eigenvalue weighted by atomic mass is 14.6. The number of hydrogen-bond donors (Lipinski definition) is 1. The number of nitrogens with two attached hydrogens (primary N) is 1. The average molecular weight is 173 g/mol. The van der Waals surface area contributed by atoms with Gasteiger partial charge in [0.2, 0.25) is 0 Å². The molecule has 0 fully saturated rings. The van der Waals surface area contributed by atoms with Crippen LogP contribution in [0.3, 0.4) is 0 Å². The normalized spacial score (nSPS) is 16.8. The maximum Gasteiger partial charge on any atom is 0.0390 e. The second-order valence-electron chi connectivity index (χ2n) is 3.56. The van der Waals surface area contributed by atoms with E-state index in [-0.39, 0.29) is 0 Å². The first-order chi connectivity index (χ1) is 6.38. The molecule has 0 spiro atoms. The Balaban J connectivity index is 2.34. The third-order valence-electron chi connectivity index (χ3n) is 2.60. The van der Waals surface area contributed by atoms with E-state index in [2.05, 4.69) is 18.2 Å². The maximum atomic E-state index is 5.91. The Morgan fingerprint density at radius 2 is 1.92 bits per heavy atom. The lowest BCUT2D eigenvalue weighted by atomic mass is 9.93. The number of allylic oxidation sites excluding steroid dienone is 2. The van der Waals surface area contributed by atoms with E-state index in [9.17, 15) is 0 Å². The summed E-state index contributed by atoms with van der Waals surface area (Å²) >= 11 is 0. The molecule has 1 aromatic carbocycles. The lowest BCUT2D eigenvalue weighted by molar-refractivity contribution is 0.742. The van der Waals surface area contributed by atoms with Crippen LogP contribution in [0.1, 0.15) is 31.2 Å². The maximum absolute atomic E-state index is 5.91. The Bertz CT molecular complexity index is 326. The van der Waals surface area contributed by atoms with Crippen molar-refractivity contribution in [2.75, 3.05) is 5.73 Å². The van der Waals surface area contributed by atoms with Gasteiger partial charge in [-0.1, -0.05) is 24.3 Å². The first kappa shape index (κ1) is 8.36. The molecule has 0 aliphatic heterocycles. The molecule has 0 atom stereocenters. The summed E-state index contributed by atoms with van der Waals surface area (Å²) in [6.45, 7) is 0. The zero-order valence-electron chi connectivity index (χ0n) is 7.79. The van der Waals surface area contributed by atoms with Crippen LogP contribution in [0, 0.1) is 0 Å². The molecule has 1 aliphatic rings. The Morgan fingerprint density at radius 3 is 2.62 bits per heavy atom. The molecule has 0 bridgehead atoms. The molecule has 0 saturated carbocycles. The van der Waals surface area contributed by atoms with E-state index in [0.717, 1.165) is 5.69 Å². The van der Waals surface area contributed by atoms with Gasteiger partial charge in [0.25, 0.3) is 0 Å². The van der Waals surface area contributed by atoms with Crippen molar-refractivity contribution in [2.45, 2.75) is 25.7 Å². The van der Waals surface area contributed by atoms with Gasteiger partial charge in [-0.25, -0.2) is 0 Å². The zero-order chi connectivity index (χ0) is 9.10. The molecule has 13 heavy (non-hydrogen) atoms. The molecule has 68 valence electrons. The fraction of sp³-hybridized carbons (Fsp3) is 0.333. The smallest absolute Gasteiger partial charge is 0.0390 e. The van der Waals surface area contributed by atoms with Gasteiger partial charge < -0.3 is 5.73 Å². The number of benzene rings is 1. The number of hydrogen-bond acceptors (Lipinski definition) is 1. The fourth-order valence-electron chi connectivity index (χ4n) is 1.87. The zero-order valence-corrected chi connectivity index (χ0v) is 7.79. The lowest BCUT2D eigenvalue weighted by Crippen LogP contribution is -1.96. The number of anilines is 1. The topological polar surface area (TPSA) is 26.0 Å². The van der Waals surface area contributed by atoms with Crippen molar-refractivity contribution in [1.82, 2.24) is 0 Å². The first-order valence-electron chi connectivity index (χ1n) is 4.92. The molecule has 0 heterocycles. The summed E-state index contributed by atoms with van der Waals surface area (Å²) in [7, 11) is 0. The van der Waals surface area contributed by atoms with Gasteiger partial charge >= 0.3 is 0 Å². The molecule has 1 aromatic rings. The molecule has 1 aliphatic carbocycles. The van der Waals surface area contributed by atoms with Crippen molar-refractivity contribution in [3.8, 4) is 0 Å². The molecule has 0 amide bonds. The van der Waals surface area contributed by atoms with Crippen molar-refractivity contribution in [3.05, 3.63) is 35.9 Å². The summed E-state index contributed by atoms with van der Waals surface area (Å²) < 4.78 is 0. The number of rotatable bonds is 1. The molecule has 0 radical (unpaired) electrons. The Kier molecular flexibility index (Phi) is 2.35. The van der Waals surface area contributed by atoms with Crippen LogP contribution in [0.2, 0.25) is 0 Å². The quantitative estimate of drug-likeness (QED) is 0.648. The highest BCUT2D eigenvalue weighted by Crippen LogP contribution is 2.29. The van der Waals surface area contributed by atoms with Crippen LogP contribution in [0.15, 0.2) is 30.3 Å². The second-order valence-corrected chi connectivity index (χ2v) is 3.56. The number of para-hydroxylation sites is 1. The van der Waals surface area contributed by atoms with Gasteiger partial charge in [-0.05, 0) is 37.3 Å². The molecule has 0 aromatic heterocycles. The summed E-state index contributed by atoms with van der Waals surface area (Å²) in [6, 6.07) is 8.14.